The van der Waals surface area contributed by atoms with Gasteiger partial charge in [-0.3, -0.25) is 4.79 Å². The first-order valence-corrected chi connectivity index (χ1v) is 9.00. The van der Waals surface area contributed by atoms with Crippen LogP contribution in [0.5, 0.6) is 0 Å². The van der Waals surface area contributed by atoms with E-state index >= 15 is 0 Å². The number of carbonyl (C=O) groups is 1. The summed E-state index contributed by atoms with van der Waals surface area (Å²) in [6.45, 7) is -0.508. The van der Waals surface area contributed by atoms with Crippen LogP contribution in [0.1, 0.15) is 10.4 Å². The first kappa shape index (κ1) is 20.0. The largest absolute Gasteiger partial charge is 0.388 e. The molecule has 0 aliphatic carbocycles. The third kappa shape index (κ3) is 5.63. The van der Waals surface area contributed by atoms with E-state index in [0.29, 0.717) is 22.6 Å². The lowest BCUT2D eigenvalue weighted by molar-refractivity contribution is 0.0904. The highest BCUT2D eigenvalue weighted by Gasteiger charge is 2.03. The Labute approximate surface area is 169 Å². The quantitative estimate of drug-likeness (QED) is 0.413. The Kier molecular flexibility index (Phi) is 6.55. The minimum absolute atomic E-state index is 0.327. The van der Waals surface area contributed by atoms with Crippen LogP contribution in [-0.2, 0) is 0 Å². The van der Waals surface area contributed by atoms with Gasteiger partial charge in [-0.05, 0) is 72.8 Å². The summed E-state index contributed by atoms with van der Waals surface area (Å²) in [5.41, 5.74) is 4.33. The molecule has 3 rings (SSSR count). The number of nitrogens with zero attached hydrogens (tertiary/aromatic N) is 5. The first-order chi connectivity index (χ1) is 14.0. The Morgan fingerprint density at radius 2 is 1.03 bits per heavy atom. The van der Waals surface area contributed by atoms with E-state index in [1.54, 1.807) is 36.4 Å². The van der Waals surface area contributed by atoms with Crippen molar-refractivity contribution in [3.8, 4) is 0 Å². The molecule has 0 radical (unpaired) electrons. The minimum Gasteiger partial charge on any atom is -0.388 e. The van der Waals surface area contributed by atoms with E-state index in [2.05, 4.69) is 20.5 Å². The van der Waals surface area contributed by atoms with Gasteiger partial charge in [0.05, 0.1) is 22.7 Å². The van der Waals surface area contributed by atoms with Crippen LogP contribution in [0.4, 0.5) is 28.4 Å². The van der Waals surface area contributed by atoms with E-state index in [0.717, 1.165) is 11.4 Å². The van der Waals surface area contributed by atoms with Crippen molar-refractivity contribution in [2.75, 3.05) is 25.6 Å². The molecule has 0 spiro atoms. The van der Waals surface area contributed by atoms with E-state index < -0.39 is 6.61 Å². The van der Waals surface area contributed by atoms with E-state index in [9.17, 15) is 4.79 Å². The van der Waals surface area contributed by atoms with Crippen molar-refractivity contribution in [1.29, 1.82) is 0 Å². The summed E-state index contributed by atoms with van der Waals surface area (Å²) in [4.78, 5) is 13.4. The molecule has 1 N–H and O–H groups in total. The van der Waals surface area contributed by atoms with Crippen LogP contribution in [0, 0.1) is 0 Å². The predicted molar refractivity (Wildman–Crippen MR) is 113 cm³/mol. The second-order valence-electron chi connectivity index (χ2n) is 6.46. The van der Waals surface area contributed by atoms with Crippen LogP contribution >= 0.6 is 0 Å². The molecular weight excluding hydrogens is 366 g/mol. The molecule has 0 bridgehead atoms. The van der Waals surface area contributed by atoms with Crippen molar-refractivity contribution >= 4 is 34.2 Å². The van der Waals surface area contributed by atoms with Crippen molar-refractivity contribution in [2.24, 2.45) is 20.5 Å². The fourth-order valence-corrected chi connectivity index (χ4v) is 2.44. The molecule has 0 saturated heterocycles. The van der Waals surface area contributed by atoms with E-state index in [1.165, 1.54) is 0 Å². The summed E-state index contributed by atoms with van der Waals surface area (Å²) < 4.78 is 0. The predicted octanol–water partition coefficient (Wildman–Crippen LogP) is 5.76. The molecule has 0 amide bonds. The summed E-state index contributed by atoms with van der Waals surface area (Å²) in [6, 6.07) is 21.6. The number of ketones is 1. The number of rotatable bonds is 7. The molecule has 0 atom stereocenters. The number of hydrogen-bond donors (Lipinski definition) is 1. The number of benzene rings is 3. The molecule has 0 unspecified atom stereocenters. The number of azo groups is 2. The zero-order chi connectivity index (χ0) is 20.6. The Morgan fingerprint density at radius 3 is 1.38 bits per heavy atom. The van der Waals surface area contributed by atoms with E-state index in [4.69, 9.17) is 5.11 Å². The maximum absolute atomic E-state index is 11.4. The highest BCUT2D eigenvalue weighted by atomic mass is 16.3. The molecule has 0 aliphatic heterocycles. The monoisotopic (exact) mass is 387 g/mol. The van der Waals surface area contributed by atoms with Gasteiger partial charge in [-0.2, -0.15) is 20.5 Å². The normalized spacial score (nSPS) is 11.3. The van der Waals surface area contributed by atoms with Crippen LogP contribution in [0.2, 0.25) is 0 Å². The van der Waals surface area contributed by atoms with Gasteiger partial charge in [0.25, 0.3) is 0 Å². The lowest BCUT2D eigenvalue weighted by atomic mass is 10.1. The highest BCUT2D eigenvalue weighted by Crippen LogP contribution is 2.24. The minimum atomic E-state index is -0.508. The Morgan fingerprint density at radius 1 is 0.690 bits per heavy atom. The third-order valence-electron chi connectivity index (χ3n) is 4.11. The average molecular weight is 387 g/mol. The van der Waals surface area contributed by atoms with Crippen molar-refractivity contribution < 1.29 is 9.90 Å². The fraction of sp³-hybridized carbons (Fsp3) is 0.136. The Balaban J connectivity index is 1.62. The zero-order valence-electron chi connectivity index (χ0n) is 16.2. The maximum atomic E-state index is 11.4. The van der Waals surface area contributed by atoms with Gasteiger partial charge in [0.1, 0.15) is 6.61 Å². The zero-order valence-corrected chi connectivity index (χ0v) is 16.2. The van der Waals surface area contributed by atoms with Crippen molar-refractivity contribution in [1.82, 2.24) is 0 Å². The summed E-state index contributed by atoms with van der Waals surface area (Å²) >= 11 is 0. The number of hydrogen-bond acceptors (Lipinski definition) is 7. The second kappa shape index (κ2) is 9.48. The molecule has 0 heterocycles. The van der Waals surface area contributed by atoms with Gasteiger partial charge in [-0.25, -0.2) is 0 Å². The maximum Gasteiger partial charge on any atom is 0.188 e. The van der Waals surface area contributed by atoms with Crippen LogP contribution in [0.15, 0.2) is 93.3 Å². The van der Waals surface area contributed by atoms with Crippen molar-refractivity contribution in [3.05, 3.63) is 78.4 Å². The van der Waals surface area contributed by atoms with Gasteiger partial charge in [0.15, 0.2) is 5.78 Å². The molecule has 29 heavy (non-hydrogen) atoms. The summed E-state index contributed by atoms with van der Waals surface area (Å²) in [5, 5.41) is 25.6. The van der Waals surface area contributed by atoms with E-state index in [1.807, 2.05) is 55.4 Å². The molecule has 3 aromatic rings. The van der Waals surface area contributed by atoms with Gasteiger partial charge >= 0.3 is 0 Å². The third-order valence-corrected chi connectivity index (χ3v) is 4.11. The van der Waals surface area contributed by atoms with Gasteiger partial charge in [0.2, 0.25) is 0 Å². The molecule has 3 aromatic carbocycles. The lowest BCUT2D eigenvalue weighted by Gasteiger charge is -2.11. The standard InChI is InChI=1S/C22H21N5O2/c1-27(2)21-13-11-20(12-14-21)26-25-19-9-7-18(8-10-19)24-23-17-5-3-16(4-6-17)22(29)15-28/h3-14,28H,15H2,1-2H3. The number of aliphatic hydroxyl groups is 1. The fourth-order valence-electron chi connectivity index (χ4n) is 2.44. The number of aliphatic hydroxyl groups excluding tert-OH is 1. The van der Waals surface area contributed by atoms with Crippen LogP contribution < -0.4 is 4.90 Å². The highest BCUT2D eigenvalue weighted by molar-refractivity contribution is 5.97. The summed E-state index contributed by atoms with van der Waals surface area (Å²) in [5.74, 6) is -0.327. The Hall–Kier alpha value is -3.71. The van der Waals surface area contributed by atoms with Gasteiger partial charge in [-0.15, -0.1) is 0 Å². The smallest absolute Gasteiger partial charge is 0.188 e. The number of Topliss-reactive ketones (excluding diaryl/α,β-unsaturated/α-hetero) is 1. The van der Waals surface area contributed by atoms with Gasteiger partial charge in [0, 0.05) is 25.3 Å². The van der Waals surface area contributed by atoms with Gasteiger partial charge < -0.3 is 10.0 Å². The average Bonchev–Trinajstić information content (AvgIpc) is 2.77. The lowest BCUT2D eigenvalue weighted by Crippen LogP contribution is -2.07. The molecule has 7 nitrogen and oxygen atoms in total. The van der Waals surface area contributed by atoms with Crippen LogP contribution in [-0.4, -0.2) is 31.6 Å². The first-order valence-electron chi connectivity index (χ1n) is 9.00. The van der Waals surface area contributed by atoms with Gasteiger partial charge in [-0.1, -0.05) is 0 Å². The molecule has 146 valence electrons. The molecule has 0 saturated carbocycles. The molecule has 7 heteroatoms. The number of carbonyl (C=O) groups excluding carboxylic acids is 1. The van der Waals surface area contributed by atoms with Crippen LogP contribution in [0.25, 0.3) is 0 Å². The molecular formula is C22H21N5O2. The van der Waals surface area contributed by atoms with E-state index in [-0.39, 0.29) is 5.78 Å². The second-order valence-corrected chi connectivity index (χ2v) is 6.46. The number of anilines is 1. The summed E-state index contributed by atoms with van der Waals surface area (Å²) in [6.07, 6.45) is 0. The molecule has 0 aliphatic rings. The SMILES string of the molecule is CN(C)c1ccc(N=Nc2ccc(N=Nc3ccc(C(=O)CO)cc3)cc2)cc1. The molecule has 0 fully saturated rings. The van der Waals surface area contributed by atoms with Crippen LogP contribution in [0.3, 0.4) is 0 Å². The Bertz CT molecular complexity index is 1010. The van der Waals surface area contributed by atoms with Crippen molar-refractivity contribution in [2.45, 2.75) is 0 Å². The molecule has 0 aromatic heterocycles. The summed E-state index contributed by atoms with van der Waals surface area (Å²) in [7, 11) is 3.98. The topological polar surface area (TPSA) is 90.0 Å². The van der Waals surface area contributed by atoms with Crippen molar-refractivity contribution in [3.63, 3.8) is 0 Å².